The first-order valence-corrected chi connectivity index (χ1v) is 8.36. The highest BCUT2D eigenvalue weighted by Crippen LogP contribution is 2.27. The molecule has 2 aromatic rings. The lowest BCUT2D eigenvalue weighted by atomic mass is 10.1. The number of nitrogens with one attached hydrogen (secondary N) is 2. The van der Waals surface area contributed by atoms with Gasteiger partial charge in [-0.25, -0.2) is 4.39 Å². The molecule has 0 aliphatic heterocycles. The van der Waals surface area contributed by atoms with Crippen LogP contribution in [0.3, 0.4) is 0 Å². The average molecular weight is 349 g/mol. The van der Waals surface area contributed by atoms with E-state index in [4.69, 9.17) is 11.6 Å². The molecule has 0 aliphatic carbocycles. The molecule has 3 nitrogen and oxygen atoms in total. The summed E-state index contributed by atoms with van der Waals surface area (Å²) in [5.41, 5.74) is 3.35. The molecule has 0 heterocycles. The van der Waals surface area contributed by atoms with Crippen molar-refractivity contribution in [2.75, 3.05) is 18.4 Å². The first kappa shape index (κ1) is 18.4. The second-order valence-electron chi connectivity index (χ2n) is 5.83. The van der Waals surface area contributed by atoms with Crippen molar-refractivity contribution in [1.29, 1.82) is 0 Å². The molecule has 0 fully saturated rings. The Morgan fingerprint density at radius 2 is 1.92 bits per heavy atom. The zero-order valence-corrected chi connectivity index (χ0v) is 14.7. The summed E-state index contributed by atoms with van der Waals surface area (Å²) in [6.45, 7) is 5.03. The number of rotatable bonds is 7. The Hall–Kier alpha value is -1.91. The molecule has 0 unspecified atom stereocenters. The summed E-state index contributed by atoms with van der Waals surface area (Å²) < 4.78 is 13.5. The van der Waals surface area contributed by atoms with Crippen LogP contribution in [0.25, 0.3) is 0 Å². The maximum absolute atomic E-state index is 13.5. The Balaban J connectivity index is 1.73. The monoisotopic (exact) mass is 348 g/mol. The molecule has 2 aromatic carbocycles. The number of halogens is 2. The number of amides is 1. The van der Waals surface area contributed by atoms with Crippen LogP contribution in [-0.2, 0) is 11.2 Å². The molecule has 0 saturated carbocycles. The van der Waals surface area contributed by atoms with Gasteiger partial charge in [0, 0.05) is 13.0 Å². The van der Waals surface area contributed by atoms with Crippen molar-refractivity contribution in [3.63, 3.8) is 0 Å². The van der Waals surface area contributed by atoms with Crippen molar-refractivity contribution in [3.05, 3.63) is 63.9 Å². The van der Waals surface area contributed by atoms with Crippen LogP contribution < -0.4 is 10.6 Å². The summed E-state index contributed by atoms with van der Waals surface area (Å²) in [7, 11) is 0. The Morgan fingerprint density at radius 1 is 1.17 bits per heavy atom. The molecule has 0 radical (unpaired) electrons. The van der Waals surface area contributed by atoms with Gasteiger partial charge in [0.25, 0.3) is 0 Å². The van der Waals surface area contributed by atoms with E-state index in [9.17, 15) is 9.18 Å². The summed E-state index contributed by atoms with van der Waals surface area (Å²) >= 11 is 6.18. The summed E-state index contributed by atoms with van der Waals surface area (Å²) in [4.78, 5) is 12.0. The average Bonchev–Trinajstić information content (AvgIpc) is 2.52. The number of aryl methyl sites for hydroxylation is 2. The molecule has 128 valence electrons. The maximum atomic E-state index is 13.5. The van der Waals surface area contributed by atoms with Gasteiger partial charge in [-0.15, -0.1) is 0 Å². The van der Waals surface area contributed by atoms with Crippen LogP contribution in [0.4, 0.5) is 10.1 Å². The van der Waals surface area contributed by atoms with E-state index in [1.807, 2.05) is 32.0 Å². The van der Waals surface area contributed by atoms with Gasteiger partial charge in [0.1, 0.15) is 5.82 Å². The van der Waals surface area contributed by atoms with Crippen LogP contribution in [-0.4, -0.2) is 19.0 Å². The first-order chi connectivity index (χ1) is 11.5. The quantitative estimate of drug-likeness (QED) is 0.734. The van der Waals surface area contributed by atoms with Gasteiger partial charge >= 0.3 is 0 Å². The third kappa shape index (κ3) is 5.32. The Kier molecular flexibility index (Phi) is 6.76. The molecule has 0 aliphatic rings. The predicted octanol–water partition coefficient (Wildman–Crippen LogP) is 4.26. The van der Waals surface area contributed by atoms with E-state index in [1.54, 1.807) is 12.1 Å². The third-order valence-corrected chi connectivity index (χ3v) is 4.05. The number of benzene rings is 2. The fourth-order valence-corrected chi connectivity index (χ4v) is 2.90. The molecule has 2 N–H and O–H groups in total. The lowest BCUT2D eigenvalue weighted by Gasteiger charge is -2.12. The lowest BCUT2D eigenvalue weighted by Crippen LogP contribution is -2.24. The van der Waals surface area contributed by atoms with Crippen LogP contribution in [0.1, 0.15) is 23.1 Å². The summed E-state index contributed by atoms with van der Waals surface area (Å²) in [6, 6.07) is 10.5. The first-order valence-electron chi connectivity index (χ1n) is 7.98. The van der Waals surface area contributed by atoms with Crippen molar-refractivity contribution in [3.8, 4) is 0 Å². The van der Waals surface area contributed by atoms with Crippen molar-refractivity contribution in [2.45, 2.75) is 26.7 Å². The second-order valence-corrected chi connectivity index (χ2v) is 6.24. The molecular weight excluding hydrogens is 327 g/mol. The molecule has 2 rings (SSSR count). The van der Waals surface area contributed by atoms with E-state index in [1.165, 1.54) is 6.07 Å². The van der Waals surface area contributed by atoms with Crippen LogP contribution in [0.5, 0.6) is 0 Å². The number of hydrogen-bond donors (Lipinski definition) is 2. The van der Waals surface area contributed by atoms with Gasteiger partial charge in [-0.3, -0.25) is 4.79 Å². The third-order valence-electron chi connectivity index (χ3n) is 3.75. The van der Waals surface area contributed by atoms with Crippen molar-refractivity contribution < 1.29 is 9.18 Å². The van der Waals surface area contributed by atoms with Gasteiger partial charge in [0.15, 0.2) is 0 Å². The van der Waals surface area contributed by atoms with Gasteiger partial charge in [0.05, 0.1) is 10.7 Å². The number of hydrogen-bond acceptors (Lipinski definition) is 2. The summed E-state index contributed by atoms with van der Waals surface area (Å²) in [5, 5.41) is 6.56. The minimum atomic E-state index is -0.193. The topological polar surface area (TPSA) is 41.1 Å². The highest BCUT2D eigenvalue weighted by molar-refractivity contribution is 6.34. The molecule has 0 spiro atoms. The minimum Gasteiger partial charge on any atom is -0.325 e. The highest BCUT2D eigenvalue weighted by atomic mass is 35.5. The van der Waals surface area contributed by atoms with Crippen LogP contribution >= 0.6 is 11.6 Å². The van der Waals surface area contributed by atoms with Crippen LogP contribution in [0.2, 0.25) is 5.02 Å². The van der Waals surface area contributed by atoms with Crippen molar-refractivity contribution in [2.24, 2.45) is 0 Å². The molecule has 0 aromatic heterocycles. The lowest BCUT2D eigenvalue weighted by molar-refractivity contribution is -0.116. The van der Waals surface area contributed by atoms with Crippen molar-refractivity contribution in [1.82, 2.24) is 5.32 Å². The minimum absolute atomic E-state index is 0.0951. The molecule has 0 atom stereocenters. The summed E-state index contributed by atoms with van der Waals surface area (Å²) in [6.07, 6.45) is 0.929. The van der Waals surface area contributed by atoms with Gasteiger partial charge in [-0.1, -0.05) is 35.9 Å². The fraction of sp³-hybridized carbons (Fsp3) is 0.316. The standard InChI is InChI=1S/C19H22ClFN2O/c1-13-11-14(2)19(16(20)12-13)23-18(24)8-10-22-9-7-15-5-3-4-6-17(15)21/h3-6,11-12,22H,7-10H2,1-2H3,(H,23,24). The van der Waals surface area contributed by atoms with Gasteiger partial charge in [-0.05, 0) is 55.6 Å². The smallest absolute Gasteiger partial charge is 0.225 e. The van der Waals surface area contributed by atoms with Crippen molar-refractivity contribution >= 4 is 23.2 Å². The SMILES string of the molecule is Cc1cc(C)c(NC(=O)CCNCCc2ccccc2F)c(Cl)c1. The van der Waals surface area contributed by atoms with Crippen LogP contribution in [0.15, 0.2) is 36.4 Å². The van der Waals surface area contributed by atoms with Gasteiger partial charge in [-0.2, -0.15) is 0 Å². The zero-order chi connectivity index (χ0) is 17.5. The number of carbonyl (C=O) groups is 1. The van der Waals surface area contributed by atoms with Gasteiger partial charge in [0.2, 0.25) is 5.91 Å². The normalized spacial score (nSPS) is 10.7. The molecule has 1 amide bonds. The van der Waals surface area contributed by atoms with E-state index in [0.29, 0.717) is 42.2 Å². The van der Waals surface area contributed by atoms with E-state index in [2.05, 4.69) is 10.6 Å². The number of carbonyl (C=O) groups excluding carboxylic acids is 1. The summed E-state index contributed by atoms with van der Waals surface area (Å²) in [5.74, 6) is -0.288. The predicted molar refractivity (Wildman–Crippen MR) is 97.1 cm³/mol. The van der Waals surface area contributed by atoms with E-state index in [0.717, 1.165) is 11.1 Å². The highest BCUT2D eigenvalue weighted by Gasteiger charge is 2.09. The largest absolute Gasteiger partial charge is 0.325 e. The molecular formula is C19H22ClFN2O. The zero-order valence-electron chi connectivity index (χ0n) is 14.0. The molecule has 5 heteroatoms. The molecule has 24 heavy (non-hydrogen) atoms. The molecule has 0 bridgehead atoms. The Morgan fingerprint density at radius 3 is 2.62 bits per heavy atom. The number of anilines is 1. The van der Waals surface area contributed by atoms with E-state index in [-0.39, 0.29) is 11.7 Å². The van der Waals surface area contributed by atoms with E-state index >= 15 is 0 Å². The van der Waals surface area contributed by atoms with E-state index < -0.39 is 0 Å². The van der Waals surface area contributed by atoms with Gasteiger partial charge < -0.3 is 10.6 Å². The van der Waals surface area contributed by atoms with Crippen LogP contribution in [0, 0.1) is 19.7 Å². The second kappa shape index (κ2) is 8.81. The fourth-order valence-electron chi connectivity index (χ4n) is 2.53. The Bertz CT molecular complexity index is 695. The Labute approximate surface area is 147 Å². The maximum Gasteiger partial charge on any atom is 0.225 e. The molecule has 0 saturated heterocycles.